The molecule has 0 bridgehead atoms. The van der Waals surface area contributed by atoms with Gasteiger partial charge in [-0.2, -0.15) is 18.4 Å². The predicted octanol–water partition coefficient (Wildman–Crippen LogP) is 3.29. The van der Waals surface area contributed by atoms with E-state index in [1.165, 1.54) is 12.3 Å². The standard InChI is InChI=1S/C17H18F3N3O3/c18-17(19,20)13-5-4-6-14(9-13)23-16(26)12(10-21)11-22-8-3-1-2-7-15(24)25/h4-6,9,11,22H,1-3,7-8H2,(H,23,26)(H,24,25)/b12-11-. The second kappa shape index (κ2) is 10.1. The van der Waals surface area contributed by atoms with Crippen LogP contribution in [0.15, 0.2) is 36.0 Å². The summed E-state index contributed by atoms with van der Waals surface area (Å²) in [7, 11) is 0. The van der Waals surface area contributed by atoms with Gasteiger partial charge in [0, 0.05) is 24.9 Å². The first-order valence-corrected chi connectivity index (χ1v) is 7.78. The molecule has 1 aromatic carbocycles. The average molecular weight is 369 g/mol. The van der Waals surface area contributed by atoms with Crippen molar-refractivity contribution in [2.75, 3.05) is 11.9 Å². The number of nitriles is 1. The van der Waals surface area contributed by atoms with Gasteiger partial charge in [-0.15, -0.1) is 0 Å². The number of hydrogen-bond acceptors (Lipinski definition) is 4. The third kappa shape index (κ3) is 7.70. The first kappa shape index (κ1) is 21.0. The highest BCUT2D eigenvalue weighted by molar-refractivity contribution is 6.06. The van der Waals surface area contributed by atoms with Crippen molar-refractivity contribution in [2.24, 2.45) is 0 Å². The zero-order chi connectivity index (χ0) is 19.6. The molecule has 0 spiro atoms. The van der Waals surface area contributed by atoms with E-state index in [0.717, 1.165) is 18.2 Å². The number of benzene rings is 1. The average Bonchev–Trinajstić information content (AvgIpc) is 2.56. The van der Waals surface area contributed by atoms with Gasteiger partial charge in [0.25, 0.3) is 5.91 Å². The second-order valence-corrected chi connectivity index (χ2v) is 5.36. The molecule has 3 N–H and O–H groups in total. The van der Waals surface area contributed by atoms with E-state index in [1.54, 1.807) is 6.07 Å². The molecule has 0 aliphatic rings. The van der Waals surface area contributed by atoms with Gasteiger partial charge in [-0.1, -0.05) is 12.5 Å². The molecule has 0 atom stereocenters. The molecular weight excluding hydrogens is 351 g/mol. The molecule has 0 fully saturated rings. The lowest BCUT2D eigenvalue weighted by atomic mass is 10.2. The van der Waals surface area contributed by atoms with Crippen LogP contribution in [0.3, 0.4) is 0 Å². The Morgan fingerprint density at radius 1 is 1.23 bits per heavy atom. The van der Waals surface area contributed by atoms with Crippen molar-refractivity contribution in [3.05, 3.63) is 41.6 Å². The van der Waals surface area contributed by atoms with Crippen LogP contribution in [0.5, 0.6) is 0 Å². The van der Waals surface area contributed by atoms with Crippen LogP contribution < -0.4 is 10.6 Å². The molecule has 1 amide bonds. The monoisotopic (exact) mass is 369 g/mol. The maximum absolute atomic E-state index is 12.6. The highest BCUT2D eigenvalue weighted by atomic mass is 19.4. The van der Waals surface area contributed by atoms with Crippen LogP contribution in [-0.2, 0) is 15.8 Å². The number of anilines is 1. The first-order valence-electron chi connectivity index (χ1n) is 7.78. The van der Waals surface area contributed by atoms with E-state index in [0.29, 0.717) is 25.8 Å². The van der Waals surface area contributed by atoms with Gasteiger partial charge in [-0.05, 0) is 31.0 Å². The van der Waals surface area contributed by atoms with Crippen LogP contribution >= 0.6 is 0 Å². The third-order valence-electron chi connectivity index (χ3n) is 3.27. The fourth-order valence-corrected chi connectivity index (χ4v) is 1.97. The molecule has 1 rings (SSSR count). The number of carbonyl (C=O) groups is 2. The SMILES string of the molecule is N#C/C(=C/NCCCCCC(=O)O)C(=O)Nc1cccc(C(F)(F)F)c1. The van der Waals surface area contributed by atoms with E-state index in [9.17, 15) is 22.8 Å². The van der Waals surface area contributed by atoms with Crippen LogP contribution in [0.1, 0.15) is 31.2 Å². The fraction of sp³-hybridized carbons (Fsp3) is 0.353. The van der Waals surface area contributed by atoms with Crippen molar-refractivity contribution in [3.63, 3.8) is 0 Å². The molecule has 0 aliphatic heterocycles. The lowest BCUT2D eigenvalue weighted by Gasteiger charge is -2.09. The molecular formula is C17H18F3N3O3. The summed E-state index contributed by atoms with van der Waals surface area (Å²) in [5.74, 6) is -1.69. The van der Waals surface area contributed by atoms with E-state index in [4.69, 9.17) is 10.4 Å². The molecule has 26 heavy (non-hydrogen) atoms. The Balaban J connectivity index is 2.53. The number of aliphatic carboxylic acids is 1. The molecule has 0 aromatic heterocycles. The Labute approximate surface area is 148 Å². The van der Waals surface area contributed by atoms with Crippen molar-refractivity contribution in [1.29, 1.82) is 5.26 Å². The zero-order valence-electron chi connectivity index (χ0n) is 13.8. The lowest BCUT2D eigenvalue weighted by Crippen LogP contribution is -2.17. The van der Waals surface area contributed by atoms with Crippen LogP contribution in [0.4, 0.5) is 18.9 Å². The molecule has 1 aromatic rings. The topological polar surface area (TPSA) is 102 Å². The summed E-state index contributed by atoms with van der Waals surface area (Å²) >= 11 is 0. The largest absolute Gasteiger partial charge is 0.481 e. The number of nitrogens with one attached hydrogen (secondary N) is 2. The number of carboxylic acid groups (broad SMARTS) is 1. The van der Waals surface area contributed by atoms with Gasteiger partial charge in [0.05, 0.1) is 5.56 Å². The summed E-state index contributed by atoms with van der Waals surface area (Å²) < 4.78 is 37.9. The normalized spacial score (nSPS) is 11.5. The number of alkyl halides is 3. The van der Waals surface area contributed by atoms with Crippen molar-refractivity contribution in [1.82, 2.24) is 5.32 Å². The Kier molecular flexibility index (Phi) is 8.15. The van der Waals surface area contributed by atoms with E-state index >= 15 is 0 Å². The third-order valence-corrected chi connectivity index (χ3v) is 3.27. The Morgan fingerprint density at radius 2 is 1.96 bits per heavy atom. The van der Waals surface area contributed by atoms with Crippen LogP contribution in [-0.4, -0.2) is 23.5 Å². The molecule has 140 valence electrons. The minimum Gasteiger partial charge on any atom is -0.481 e. The Bertz CT molecular complexity index is 709. The molecule has 0 unspecified atom stereocenters. The molecule has 0 saturated heterocycles. The highest BCUT2D eigenvalue weighted by Gasteiger charge is 2.30. The van der Waals surface area contributed by atoms with Gasteiger partial charge in [0.15, 0.2) is 0 Å². The molecule has 9 heteroatoms. The Hall–Kier alpha value is -3.02. The smallest absolute Gasteiger partial charge is 0.416 e. The molecule has 0 aliphatic carbocycles. The maximum atomic E-state index is 12.6. The van der Waals surface area contributed by atoms with Crippen LogP contribution in [0.2, 0.25) is 0 Å². The van der Waals surface area contributed by atoms with E-state index in [1.807, 2.05) is 0 Å². The van der Waals surface area contributed by atoms with Crippen LogP contribution in [0.25, 0.3) is 0 Å². The van der Waals surface area contributed by atoms with Gasteiger partial charge in [-0.25, -0.2) is 0 Å². The maximum Gasteiger partial charge on any atom is 0.416 e. The minimum atomic E-state index is -4.53. The van der Waals surface area contributed by atoms with Gasteiger partial charge >= 0.3 is 12.1 Å². The number of halogens is 3. The number of nitrogens with zero attached hydrogens (tertiary/aromatic N) is 1. The summed E-state index contributed by atoms with van der Waals surface area (Å²) in [6.45, 7) is 0.432. The number of carbonyl (C=O) groups excluding carboxylic acids is 1. The second-order valence-electron chi connectivity index (χ2n) is 5.36. The lowest BCUT2D eigenvalue weighted by molar-refractivity contribution is -0.138. The van der Waals surface area contributed by atoms with Crippen molar-refractivity contribution in [3.8, 4) is 6.07 Å². The number of unbranched alkanes of at least 4 members (excludes halogenated alkanes) is 2. The van der Waals surface area contributed by atoms with E-state index in [2.05, 4.69) is 10.6 Å². The van der Waals surface area contributed by atoms with Gasteiger partial charge in [0.1, 0.15) is 11.6 Å². The quantitative estimate of drug-likeness (QED) is 0.352. The summed E-state index contributed by atoms with van der Waals surface area (Å²) in [5, 5.41) is 22.5. The number of carboxylic acids is 1. The Morgan fingerprint density at radius 3 is 2.58 bits per heavy atom. The minimum absolute atomic E-state index is 0.0698. The van der Waals surface area contributed by atoms with Gasteiger partial charge in [0.2, 0.25) is 0 Å². The van der Waals surface area contributed by atoms with E-state index < -0.39 is 23.6 Å². The van der Waals surface area contributed by atoms with Crippen molar-refractivity contribution < 1.29 is 27.9 Å². The predicted molar refractivity (Wildman–Crippen MR) is 87.9 cm³/mol. The summed E-state index contributed by atoms with van der Waals surface area (Å²) in [5.41, 5.74) is -1.26. The van der Waals surface area contributed by atoms with Gasteiger partial charge < -0.3 is 15.7 Å². The zero-order valence-corrected chi connectivity index (χ0v) is 13.8. The molecule has 0 heterocycles. The van der Waals surface area contributed by atoms with Crippen molar-refractivity contribution >= 4 is 17.6 Å². The summed E-state index contributed by atoms with van der Waals surface area (Å²) in [6, 6.07) is 5.77. The fourth-order valence-electron chi connectivity index (χ4n) is 1.97. The number of hydrogen-bond donors (Lipinski definition) is 3. The summed E-state index contributed by atoms with van der Waals surface area (Å²) in [4.78, 5) is 22.3. The first-order chi connectivity index (χ1) is 12.2. The summed E-state index contributed by atoms with van der Waals surface area (Å²) in [6.07, 6.45) is -1.42. The highest BCUT2D eigenvalue weighted by Crippen LogP contribution is 2.30. The van der Waals surface area contributed by atoms with Crippen LogP contribution in [0, 0.1) is 11.3 Å². The van der Waals surface area contributed by atoms with Gasteiger partial charge in [-0.3, -0.25) is 9.59 Å². The molecule has 6 nitrogen and oxygen atoms in total. The van der Waals surface area contributed by atoms with Crippen molar-refractivity contribution in [2.45, 2.75) is 31.9 Å². The number of rotatable bonds is 9. The molecule has 0 saturated carbocycles. The van der Waals surface area contributed by atoms with E-state index in [-0.39, 0.29) is 17.7 Å². The molecule has 0 radical (unpaired) electrons. The number of amides is 1.